The third-order valence-electron chi connectivity index (χ3n) is 4.86. The number of nitro groups is 1. The van der Waals surface area contributed by atoms with Gasteiger partial charge in [-0.05, 0) is 36.8 Å². The Kier molecular flexibility index (Phi) is 6.13. The quantitative estimate of drug-likeness (QED) is 0.469. The number of ether oxygens (including phenoxy) is 2. The summed E-state index contributed by atoms with van der Waals surface area (Å²) in [4.78, 5) is 10.3. The first kappa shape index (κ1) is 20.1. The Morgan fingerprint density at radius 3 is 2.68 bits per heavy atom. The SMILES string of the molecule is COc1cc(CN[C@H](CO)[C@H](O)c2ccc([N+](=O)[O-])cc2)c2c(c1)C[C@H](C)O2. The van der Waals surface area contributed by atoms with Gasteiger partial charge in [0.15, 0.2) is 0 Å². The van der Waals surface area contributed by atoms with Crippen LogP contribution < -0.4 is 14.8 Å². The van der Waals surface area contributed by atoms with Crippen LogP contribution in [0.25, 0.3) is 0 Å². The Morgan fingerprint density at radius 1 is 1.36 bits per heavy atom. The van der Waals surface area contributed by atoms with Gasteiger partial charge in [-0.2, -0.15) is 0 Å². The van der Waals surface area contributed by atoms with E-state index >= 15 is 0 Å². The molecule has 1 heterocycles. The van der Waals surface area contributed by atoms with Crippen LogP contribution in [0.2, 0.25) is 0 Å². The molecule has 1 aliphatic heterocycles. The zero-order valence-electron chi connectivity index (χ0n) is 15.8. The molecule has 0 aromatic heterocycles. The smallest absolute Gasteiger partial charge is 0.269 e. The number of aliphatic hydroxyl groups is 2. The number of fused-ring (bicyclic) bond motifs is 1. The number of non-ortho nitro benzene ring substituents is 1. The highest BCUT2D eigenvalue weighted by atomic mass is 16.6. The first-order valence-corrected chi connectivity index (χ1v) is 9.06. The van der Waals surface area contributed by atoms with Gasteiger partial charge in [-0.15, -0.1) is 0 Å². The molecule has 3 N–H and O–H groups in total. The molecule has 0 amide bonds. The van der Waals surface area contributed by atoms with Crippen LogP contribution in [0.5, 0.6) is 11.5 Å². The maximum absolute atomic E-state index is 10.8. The number of nitro benzene ring substituents is 1. The van der Waals surface area contributed by atoms with Crippen molar-refractivity contribution in [3.05, 3.63) is 63.2 Å². The van der Waals surface area contributed by atoms with E-state index in [4.69, 9.17) is 9.47 Å². The summed E-state index contributed by atoms with van der Waals surface area (Å²) < 4.78 is 11.3. The summed E-state index contributed by atoms with van der Waals surface area (Å²) in [6, 6.07) is 8.81. The molecule has 3 atom stereocenters. The van der Waals surface area contributed by atoms with Crippen LogP contribution >= 0.6 is 0 Å². The summed E-state index contributed by atoms with van der Waals surface area (Å²) in [5, 5.41) is 34.2. The molecule has 0 radical (unpaired) electrons. The number of rotatable bonds is 8. The molecule has 0 fully saturated rings. The molecule has 0 unspecified atom stereocenters. The molecule has 1 aliphatic rings. The van der Waals surface area contributed by atoms with Crippen molar-refractivity contribution >= 4 is 5.69 Å². The lowest BCUT2D eigenvalue weighted by Crippen LogP contribution is -2.37. The van der Waals surface area contributed by atoms with Gasteiger partial charge >= 0.3 is 0 Å². The summed E-state index contributed by atoms with van der Waals surface area (Å²) in [6.07, 6.45) is -0.140. The molecular weight excluding hydrogens is 364 g/mol. The predicted octanol–water partition coefficient (Wildman–Crippen LogP) is 2.11. The van der Waals surface area contributed by atoms with Crippen LogP contribution in [-0.4, -0.2) is 41.0 Å². The van der Waals surface area contributed by atoms with Gasteiger partial charge in [0.1, 0.15) is 17.6 Å². The summed E-state index contributed by atoms with van der Waals surface area (Å²) in [5.74, 6) is 1.53. The third-order valence-corrected chi connectivity index (χ3v) is 4.86. The molecule has 0 aliphatic carbocycles. The van der Waals surface area contributed by atoms with E-state index in [1.165, 1.54) is 24.3 Å². The van der Waals surface area contributed by atoms with Gasteiger partial charge in [0.05, 0.1) is 30.8 Å². The second-order valence-corrected chi connectivity index (χ2v) is 6.87. The molecule has 8 nitrogen and oxygen atoms in total. The molecule has 28 heavy (non-hydrogen) atoms. The zero-order chi connectivity index (χ0) is 20.3. The monoisotopic (exact) mass is 388 g/mol. The van der Waals surface area contributed by atoms with Crippen LogP contribution in [0, 0.1) is 10.1 Å². The van der Waals surface area contributed by atoms with Crippen LogP contribution in [0.4, 0.5) is 5.69 Å². The fraction of sp³-hybridized carbons (Fsp3) is 0.400. The molecule has 150 valence electrons. The molecule has 8 heteroatoms. The number of benzene rings is 2. The van der Waals surface area contributed by atoms with E-state index in [2.05, 4.69) is 5.32 Å². The fourth-order valence-corrected chi connectivity index (χ4v) is 3.37. The summed E-state index contributed by atoms with van der Waals surface area (Å²) in [7, 11) is 1.60. The van der Waals surface area contributed by atoms with Crippen molar-refractivity contribution in [2.45, 2.75) is 38.1 Å². The lowest BCUT2D eigenvalue weighted by molar-refractivity contribution is -0.384. The maximum atomic E-state index is 10.8. The van der Waals surface area contributed by atoms with E-state index < -0.39 is 17.1 Å². The lowest BCUT2D eigenvalue weighted by Gasteiger charge is -2.23. The van der Waals surface area contributed by atoms with Gasteiger partial charge in [-0.25, -0.2) is 0 Å². The van der Waals surface area contributed by atoms with Crippen molar-refractivity contribution in [2.24, 2.45) is 0 Å². The van der Waals surface area contributed by atoms with Gasteiger partial charge in [0, 0.05) is 36.2 Å². The Bertz CT molecular complexity index is 839. The van der Waals surface area contributed by atoms with E-state index in [0.29, 0.717) is 12.1 Å². The van der Waals surface area contributed by atoms with E-state index in [1.54, 1.807) is 7.11 Å². The van der Waals surface area contributed by atoms with Crippen molar-refractivity contribution < 1.29 is 24.6 Å². The first-order chi connectivity index (χ1) is 13.4. The lowest BCUT2D eigenvalue weighted by atomic mass is 10.0. The number of methoxy groups -OCH3 is 1. The molecule has 2 aromatic carbocycles. The Balaban J connectivity index is 1.73. The van der Waals surface area contributed by atoms with Gasteiger partial charge in [0.2, 0.25) is 0 Å². The second kappa shape index (κ2) is 8.55. The standard InChI is InChI=1S/C20H24N2O6/c1-12-7-14-8-17(27-2)9-15(20(14)28-12)10-21-18(11-23)19(24)13-3-5-16(6-4-13)22(25)26/h3-6,8-9,12,18-19,21,23-24H,7,10-11H2,1-2H3/t12-,18+,19+/m0/s1. The summed E-state index contributed by atoms with van der Waals surface area (Å²) in [5.41, 5.74) is 2.38. The summed E-state index contributed by atoms with van der Waals surface area (Å²) in [6.45, 7) is 2.06. The number of nitrogens with one attached hydrogen (secondary N) is 1. The minimum Gasteiger partial charge on any atom is -0.497 e. The minimum absolute atomic E-state index is 0.0531. The van der Waals surface area contributed by atoms with Crippen LogP contribution in [0.1, 0.15) is 29.7 Å². The number of hydrogen-bond donors (Lipinski definition) is 3. The number of hydrogen-bond acceptors (Lipinski definition) is 7. The molecule has 0 saturated heterocycles. The van der Waals surface area contributed by atoms with Crippen LogP contribution in [-0.2, 0) is 13.0 Å². The van der Waals surface area contributed by atoms with Gasteiger partial charge in [0.25, 0.3) is 5.69 Å². The van der Waals surface area contributed by atoms with Crippen molar-refractivity contribution in [1.82, 2.24) is 5.32 Å². The van der Waals surface area contributed by atoms with Gasteiger partial charge in [-0.1, -0.05) is 0 Å². The maximum Gasteiger partial charge on any atom is 0.269 e. The highest BCUT2D eigenvalue weighted by molar-refractivity contribution is 5.49. The highest BCUT2D eigenvalue weighted by Gasteiger charge is 2.25. The van der Waals surface area contributed by atoms with Crippen molar-refractivity contribution in [1.29, 1.82) is 0 Å². The Hall–Kier alpha value is -2.68. The molecule has 0 spiro atoms. The topological polar surface area (TPSA) is 114 Å². The molecular formula is C20H24N2O6. The zero-order valence-corrected chi connectivity index (χ0v) is 15.8. The Labute approximate surface area is 162 Å². The van der Waals surface area contributed by atoms with Crippen molar-refractivity contribution in [3.63, 3.8) is 0 Å². The number of nitrogens with zero attached hydrogens (tertiary/aromatic N) is 1. The largest absolute Gasteiger partial charge is 0.497 e. The molecule has 2 aromatic rings. The average molecular weight is 388 g/mol. The Morgan fingerprint density at radius 2 is 2.07 bits per heavy atom. The fourth-order valence-electron chi connectivity index (χ4n) is 3.37. The van der Waals surface area contributed by atoms with Crippen LogP contribution in [0.15, 0.2) is 36.4 Å². The molecule has 0 saturated carbocycles. The van der Waals surface area contributed by atoms with Gasteiger partial charge in [-0.3, -0.25) is 10.1 Å². The van der Waals surface area contributed by atoms with E-state index in [-0.39, 0.29) is 18.4 Å². The van der Waals surface area contributed by atoms with E-state index in [0.717, 1.165) is 29.0 Å². The number of aliphatic hydroxyl groups excluding tert-OH is 2. The van der Waals surface area contributed by atoms with Crippen LogP contribution in [0.3, 0.4) is 0 Å². The third kappa shape index (κ3) is 4.24. The first-order valence-electron chi connectivity index (χ1n) is 9.06. The van der Waals surface area contributed by atoms with E-state index in [1.807, 2.05) is 19.1 Å². The average Bonchev–Trinajstić information content (AvgIpc) is 3.08. The summed E-state index contributed by atoms with van der Waals surface area (Å²) >= 11 is 0. The van der Waals surface area contributed by atoms with Gasteiger partial charge < -0.3 is 25.0 Å². The predicted molar refractivity (Wildman–Crippen MR) is 103 cm³/mol. The van der Waals surface area contributed by atoms with E-state index in [9.17, 15) is 20.3 Å². The molecule has 0 bridgehead atoms. The second-order valence-electron chi connectivity index (χ2n) is 6.87. The normalized spacial score (nSPS) is 17.5. The molecule has 3 rings (SSSR count). The van der Waals surface area contributed by atoms with Crippen molar-refractivity contribution in [2.75, 3.05) is 13.7 Å². The highest BCUT2D eigenvalue weighted by Crippen LogP contribution is 2.36. The minimum atomic E-state index is -1.02. The van der Waals surface area contributed by atoms with Crippen molar-refractivity contribution in [3.8, 4) is 11.5 Å².